The van der Waals surface area contributed by atoms with E-state index in [1.54, 1.807) is 29.2 Å². The van der Waals surface area contributed by atoms with E-state index in [0.29, 0.717) is 16.9 Å². The van der Waals surface area contributed by atoms with Gasteiger partial charge >= 0.3 is 6.09 Å². The van der Waals surface area contributed by atoms with Crippen molar-refractivity contribution in [3.63, 3.8) is 0 Å². The fourth-order valence-corrected chi connectivity index (χ4v) is 2.66. The highest BCUT2D eigenvalue weighted by molar-refractivity contribution is 5.70. The lowest BCUT2D eigenvalue weighted by atomic mass is 9.83. The molecule has 1 amide bonds. The van der Waals surface area contributed by atoms with Crippen molar-refractivity contribution >= 4 is 6.09 Å². The first-order valence-corrected chi connectivity index (χ1v) is 8.32. The molecule has 24 heavy (non-hydrogen) atoms. The predicted molar refractivity (Wildman–Crippen MR) is 93.6 cm³/mol. The molecule has 4 heteroatoms. The lowest BCUT2D eigenvalue weighted by Crippen LogP contribution is -2.42. The van der Waals surface area contributed by atoms with Gasteiger partial charge in [-0.3, -0.25) is 0 Å². The quantitative estimate of drug-likeness (QED) is 0.788. The molecule has 0 bridgehead atoms. The monoisotopic (exact) mass is 325 g/mol. The summed E-state index contributed by atoms with van der Waals surface area (Å²) in [6.07, 6.45) is 1.74. The number of rotatable bonds is 3. The number of para-hydroxylation sites is 1. The van der Waals surface area contributed by atoms with Crippen molar-refractivity contribution in [2.45, 2.75) is 26.7 Å². The third-order valence-electron chi connectivity index (χ3n) is 4.38. The van der Waals surface area contributed by atoms with Crippen LogP contribution in [0.2, 0.25) is 0 Å². The average molecular weight is 325 g/mol. The summed E-state index contributed by atoms with van der Waals surface area (Å²) in [5, 5.41) is 0. The van der Waals surface area contributed by atoms with Gasteiger partial charge in [-0.2, -0.15) is 0 Å². The van der Waals surface area contributed by atoms with E-state index in [2.05, 4.69) is 13.8 Å². The SMILES string of the molecule is CC1(C)CCN(C(=O)Oc2ccc(Oc3ccccc3)cc2)CC1. The molecule has 2 aromatic rings. The first kappa shape index (κ1) is 16.4. The van der Waals surface area contributed by atoms with Crippen LogP contribution in [0.5, 0.6) is 17.2 Å². The van der Waals surface area contributed by atoms with Crippen LogP contribution in [0.4, 0.5) is 4.79 Å². The lowest BCUT2D eigenvalue weighted by molar-refractivity contribution is 0.110. The number of hydrogen-bond donors (Lipinski definition) is 0. The molecule has 0 saturated carbocycles. The normalized spacial score (nSPS) is 16.5. The minimum Gasteiger partial charge on any atom is -0.457 e. The Labute approximate surface area is 143 Å². The number of ether oxygens (including phenoxy) is 2. The molecule has 4 nitrogen and oxygen atoms in total. The first-order valence-electron chi connectivity index (χ1n) is 8.32. The number of carbonyl (C=O) groups is 1. The molecule has 0 atom stereocenters. The van der Waals surface area contributed by atoms with Gasteiger partial charge in [-0.25, -0.2) is 4.79 Å². The van der Waals surface area contributed by atoms with E-state index in [1.807, 2.05) is 30.3 Å². The average Bonchev–Trinajstić information content (AvgIpc) is 2.57. The molecule has 0 aromatic heterocycles. The van der Waals surface area contributed by atoms with Gasteiger partial charge in [-0.15, -0.1) is 0 Å². The highest BCUT2D eigenvalue weighted by Gasteiger charge is 2.28. The molecule has 0 spiro atoms. The molecular formula is C20H23NO3. The predicted octanol–water partition coefficient (Wildman–Crippen LogP) is 5.10. The molecule has 1 fully saturated rings. The van der Waals surface area contributed by atoms with Crippen molar-refractivity contribution in [1.29, 1.82) is 0 Å². The van der Waals surface area contributed by atoms with E-state index < -0.39 is 0 Å². The molecule has 3 rings (SSSR count). The number of nitrogens with zero attached hydrogens (tertiary/aromatic N) is 1. The summed E-state index contributed by atoms with van der Waals surface area (Å²) < 4.78 is 11.2. The van der Waals surface area contributed by atoms with E-state index in [9.17, 15) is 4.79 Å². The maximum atomic E-state index is 12.2. The number of benzene rings is 2. The van der Waals surface area contributed by atoms with Crippen LogP contribution in [0.25, 0.3) is 0 Å². The van der Waals surface area contributed by atoms with Crippen molar-refractivity contribution in [3.05, 3.63) is 54.6 Å². The molecule has 1 aliphatic heterocycles. The molecule has 0 unspecified atom stereocenters. The second-order valence-electron chi connectivity index (χ2n) is 6.91. The minimum absolute atomic E-state index is 0.276. The maximum Gasteiger partial charge on any atom is 0.415 e. The van der Waals surface area contributed by atoms with Gasteiger partial charge in [0.2, 0.25) is 0 Å². The van der Waals surface area contributed by atoms with Crippen LogP contribution in [-0.2, 0) is 0 Å². The Bertz CT molecular complexity index is 670. The third-order valence-corrected chi connectivity index (χ3v) is 4.38. The van der Waals surface area contributed by atoms with E-state index in [1.165, 1.54) is 0 Å². The molecule has 2 aromatic carbocycles. The van der Waals surface area contributed by atoms with Crippen molar-refractivity contribution in [3.8, 4) is 17.2 Å². The second-order valence-corrected chi connectivity index (χ2v) is 6.91. The van der Waals surface area contributed by atoms with E-state index in [-0.39, 0.29) is 6.09 Å². The Morgan fingerprint density at radius 1 is 0.875 bits per heavy atom. The van der Waals surface area contributed by atoms with Gasteiger partial charge < -0.3 is 14.4 Å². The highest BCUT2D eigenvalue weighted by atomic mass is 16.6. The first-order chi connectivity index (χ1) is 11.5. The number of amides is 1. The van der Waals surface area contributed by atoms with Gasteiger partial charge in [0.15, 0.2) is 0 Å². The molecule has 0 radical (unpaired) electrons. The summed E-state index contributed by atoms with van der Waals surface area (Å²) in [6, 6.07) is 16.7. The van der Waals surface area contributed by atoms with Gasteiger partial charge in [-0.05, 0) is 54.7 Å². The van der Waals surface area contributed by atoms with Crippen LogP contribution in [0, 0.1) is 5.41 Å². The van der Waals surface area contributed by atoms with Crippen LogP contribution >= 0.6 is 0 Å². The Hall–Kier alpha value is -2.49. The van der Waals surface area contributed by atoms with Gasteiger partial charge in [0.1, 0.15) is 17.2 Å². The fourth-order valence-electron chi connectivity index (χ4n) is 2.66. The smallest absolute Gasteiger partial charge is 0.415 e. The summed E-state index contributed by atoms with van der Waals surface area (Å²) in [6.45, 7) is 5.98. The number of carbonyl (C=O) groups excluding carboxylic acids is 1. The topological polar surface area (TPSA) is 38.8 Å². The molecule has 1 saturated heterocycles. The standard InChI is InChI=1S/C20H23NO3/c1-20(2)12-14-21(15-13-20)19(22)24-18-10-8-17(9-11-18)23-16-6-4-3-5-7-16/h3-11H,12-15H2,1-2H3. The highest BCUT2D eigenvalue weighted by Crippen LogP contribution is 2.30. The number of piperidine rings is 1. The summed E-state index contributed by atoms with van der Waals surface area (Å²) in [7, 11) is 0. The van der Waals surface area contributed by atoms with Gasteiger partial charge in [0.25, 0.3) is 0 Å². The zero-order valence-electron chi connectivity index (χ0n) is 14.2. The molecular weight excluding hydrogens is 302 g/mol. The largest absolute Gasteiger partial charge is 0.457 e. The summed E-state index contributed by atoms with van der Waals surface area (Å²) in [5.74, 6) is 2.02. The molecule has 0 aliphatic carbocycles. The Balaban J connectivity index is 1.55. The van der Waals surface area contributed by atoms with E-state index >= 15 is 0 Å². The zero-order chi connectivity index (χ0) is 17.0. The van der Waals surface area contributed by atoms with Crippen LogP contribution in [0.1, 0.15) is 26.7 Å². The van der Waals surface area contributed by atoms with Gasteiger partial charge in [0, 0.05) is 13.1 Å². The van der Waals surface area contributed by atoms with Gasteiger partial charge in [-0.1, -0.05) is 32.0 Å². The third kappa shape index (κ3) is 4.28. The molecule has 1 heterocycles. The Kier molecular flexibility index (Phi) is 4.74. The van der Waals surface area contributed by atoms with E-state index in [0.717, 1.165) is 31.7 Å². The molecule has 0 N–H and O–H groups in total. The lowest BCUT2D eigenvalue weighted by Gasteiger charge is -2.36. The molecule has 126 valence electrons. The van der Waals surface area contributed by atoms with Crippen molar-refractivity contribution in [2.75, 3.05) is 13.1 Å². The maximum absolute atomic E-state index is 12.2. The summed E-state index contributed by atoms with van der Waals surface area (Å²) >= 11 is 0. The second kappa shape index (κ2) is 6.95. The summed E-state index contributed by atoms with van der Waals surface area (Å²) in [4.78, 5) is 14.0. The van der Waals surface area contributed by atoms with Crippen molar-refractivity contribution < 1.29 is 14.3 Å². The van der Waals surface area contributed by atoms with E-state index in [4.69, 9.17) is 9.47 Å². The number of likely N-dealkylation sites (tertiary alicyclic amines) is 1. The van der Waals surface area contributed by atoms with Crippen molar-refractivity contribution in [1.82, 2.24) is 4.90 Å². The van der Waals surface area contributed by atoms with Crippen LogP contribution in [0.3, 0.4) is 0 Å². The Morgan fingerprint density at radius 3 is 2.04 bits per heavy atom. The number of hydrogen-bond acceptors (Lipinski definition) is 3. The fraction of sp³-hybridized carbons (Fsp3) is 0.350. The molecule has 1 aliphatic rings. The Morgan fingerprint density at radius 2 is 1.42 bits per heavy atom. The minimum atomic E-state index is -0.276. The van der Waals surface area contributed by atoms with Gasteiger partial charge in [0.05, 0.1) is 0 Å². The zero-order valence-corrected chi connectivity index (χ0v) is 14.2. The van der Waals surface area contributed by atoms with Crippen molar-refractivity contribution in [2.24, 2.45) is 5.41 Å². The van der Waals surface area contributed by atoms with Crippen LogP contribution < -0.4 is 9.47 Å². The summed E-state index contributed by atoms with van der Waals surface area (Å²) in [5.41, 5.74) is 0.313. The van der Waals surface area contributed by atoms with Crippen LogP contribution in [0.15, 0.2) is 54.6 Å². The van der Waals surface area contributed by atoms with Crippen LogP contribution in [-0.4, -0.2) is 24.1 Å².